The third-order valence-corrected chi connectivity index (χ3v) is 1.49. The van der Waals surface area contributed by atoms with Crippen molar-refractivity contribution in [2.45, 2.75) is 13.8 Å². The van der Waals surface area contributed by atoms with Gasteiger partial charge in [0.2, 0.25) is 0 Å². The summed E-state index contributed by atoms with van der Waals surface area (Å²) in [5.74, 6) is 0.704. The third-order valence-electron chi connectivity index (χ3n) is 1.49. The van der Waals surface area contributed by atoms with Gasteiger partial charge in [-0.3, -0.25) is 0 Å². The Morgan fingerprint density at radius 2 is 1.82 bits per heavy atom. The lowest BCUT2D eigenvalue weighted by Gasteiger charge is -2.07. The van der Waals surface area contributed by atoms with Crippen molar-refractivity contribution >= 4 is 5.69 Å². The molecular formula is C10H15N. The largest absolute Gasteiger partial charge is 0.385 e. The molecular weight excluding hydrogens is 134 g/mol. The quantitative estimate of drug-likeness (QED) is 0.696. The van der Waals surface area contributed by atoms with Crippen LogP contribution in [0.15, 0.2) is 30.3 Å². The molecule has 1 aromatic carbocycles. The molecule has 0 heterocycles. The minimum atomic E-state index is 0.704. The second kappa shape index (κ2) is 4.02. The highest BCUT2D eigenvalue weighted by atomic mass is 14.9. The summed E-state index contributed by atoms with van der Waals surface area (Å²) in [5.41, 5.74) is 1.21. The first-order chi connectivity index (χ1) is 5.29. The van der Waals surface area contributed by atoms with Crippen LogP contribution in [0, 0.1) is 5.92 Å². The Kier molecular flexibility index (Phi) is 2.96. The summed E-state index contributed by atoms with van der Waals surface area (Å²) in [6.45, 7) is 5.45. The normalized spacial score (nSPS) is 10.1. The molecule has 1 aromatic rings. The van der Waals surface area contributed by atoms with E-state index >= 15 is 0 Å². The smallest absolute Gasteiger partial charge is 0.0340 e. The number of anilines is 1. The summed E-state index contributed by atoms with van der Waals surface area (Å²) < 4.78 is 0. The second-order valence-electron chi connectivity index (χ2n) is 3.14. The standard InChI is InChI=1S/C10H15N/c1-9(2)8-11-10-6-4-3-5-7-10/h3-7,9,11H,8H2,1-2H3. The number of hydrogen-bond acceptors (Lipinski definition) is 1. The van der Waals surface area contributed by atoms with Gasteiger partial charge in [0, 0.05) is 12.2 Å². The topological polar surface area (TPSA) is 12.0 Å². The average Bonchev–Trinajstić information content (AvgIpc) is 2.03. The highest BCUT2D eigenvalue weighted by Crippen LogP contribution is 2.05. The zero-order chi connectivity index (χ0) is 8.10. The van der Waals surface area contributed by atoms with Crippen molar-refractivity contribution in [3.63, 3.8) is 0 Å². The molecule has 0 aliphatic heterocycles. The van der Waals surface area contributed by atoms with E-state index in [1.807, 2.05) is 18.2 Å². The highest BCUT2D eigenvalue weighted by Gasteiger charge is 1.92. The molecule has 1 rings (SSSR count). The van der Waals surface area contributed by atoms with Crippen LogP contribution in [0.4, 0.5) is 5.69 Å². The van der Waals surface area contributed by atoms with E-state index in [0.29, 0.717) is 5.92 Å². The molecule has 0 saturated heterocycles. The van der Waals surface area contributed by atoms with Gasteiger partial charge in [-0.05, 0) is 18.1 Å². The SMILES string of the molecule is CC(C)CNc1ccccc1. The minimum absolute atomic E-state index is 0.704. The maximum Gasteiger partial charge on any atom is 0.0340 e. The van der Waals surface area contributed by atoms with Crippen molar-refractivity contribution < 1.29 is 0 Å². The van der Waals surface area contributed by atoms with Gasteiger partial charge in [0.15, 0.2) is 0 Å². The summed E-state index contributed by atoms with van der Waals surface area (Å²) in [4.78, 5) is 0. The Morgan fingerprint density at radius 3 is 2.36 bits per heavy atom. The average molecular weight is 149 g/mol. The molecule has 0 aliphatic carbocycles. The lowest BCUT2D eigenvalue weighted by Crippen LogP contribution is -2.07. The number of hydrogen-bond donors (Lipinski definition) is 1. The first-order valence-corrected chi connectivity index (χ1v) is 4.08. The first kappa shape index (κ1) is 8.12. The first-order valence-electron chi connectivity index (χ1n) is 4.08. The summed E-state index contributed by atoms with van der Waals surface area (Å²) >= 11 is 0. The van der Waals surface area contributed by atoms with E-state index < -0.39 is 0 Å². The molecule has 1 heteroatoms. The fraction of sp³-hybridized carbons (Fsp3) is 0.400. The second-order valence-corrected chi connectivity index (χ2v) is 3.14. The van der Waals surface area contributed by atoms with Crippen LogP contribution in [0.1, 0.15) is 13.8 Å². The van der Waals surface area contributed by atoms with E-state index in [1.54, 1.807) is 0 Å². The molecule has 0 amide bonds. The fourth-order valence-corrected chi connectivity index (χ4v) is 0.878. The Bertz CT molecular complexity index is 191. The number of nitrogens with one attached hydrogen (secondary N) is 1. The molecule has 0 atom stereocenters. The van der Waals surface area contributed by atoms with E-state index in [2.05, 4.69) is 31.3 Å². The van der Waals surface area contributed by atoms with E-state index in [9.17, 15) is 0 Å². The molecule has 0 saturated carbocycles. The third kappa shape index (κ3) is 3.08. The molecule has 0 bridgehead atoms. The number of para-hydroxylation sites is 1. The molecule has 0 aliphatic rings. The van der Waals surface area contributed by atoms with Gasteiger partial charge in [0.05, 0.1) is 0 Å². The van der Waals surface area contributed by atoms with Gasteiger partial charge in [-0.2, -0.15) is 0 Å². The molecule has 0 spiro atoms. The zero-order valence-corrected chi connectivity index (χ0v) is 7.17. The maximum absolute atomic E-state index is 3.34. The Morgan fingerprint density at radius 1 is 1.18 bits per heavy atom. The van der Waals surface area contributed by atoms with Crippen molar-refractivity contribution in [3.8, 4) is 0 Å². The van der Waals surface area contributed by atoms with Gasteiger partial charge < -0.3 is 5.32 Å². The lowest BCUT2D eigenvalue weighted by molar-refractivity contribution is 0.689. The van der Waals surface area contributed by atoms with Crippen LogP contribution in [-0.4, -0.2) is 6.54 Å². The minimum Gasteiger partial charge on any atom is -0.385 e. The van der Waals surface area contributed by atoms with Crippen LogP contribution < -0.4 is 5.32 Å². The monoisotopic (exact) mass is 149 g/mol. The Labute approximate surface area is 68.4 Å². The molecule has 1 nitrogen and oxygen atoms in total. The lowest BCUT2D eigenvalue weighted by atomic mass is 10.2. The van der Waals surface area contributed by atoms with E-state index in [-0.39, 0.29) is 0 Å². The van der Waals surface area contributed by atoms with Crippen LogP contribution in [0.25, 0.3) is 0 Å². The van der Waals surface area contributed by atoms with Gasteiger partial charge in [-0.1, -0.05) is 32.0 Å². The molecule has 11 heavy (non-hydrogen) atoms. The van der Waals surface area contributed by atoms with E-state index in [4.69, 9.17) is 0 Å². The number of benzene rings is 1. The van der Waals surface area contributed by atoms with E-state index in [1.165, 1.54) is 5.69 Å². The molecule has 0 radical (unpaired) electrons. The predicted molar refractivity (Wildman–Crippen MR) is 49.8 cm³/mol. The summed E-state index contributed by atoms with van der Waals surface area (Å²) in [6, 6.07) is 10.3. The van der Waals surface area contributed by atoms with Crippen molar-refractivity contribution in [2.75, 3.05) is 11.9 Å². The van der Waals surface area contributed by atoms with Crippen molar-refractivity contribution in [3.05, 3.63) is 30.3 Å². The molecule has 1 N–H and O–H groups in total. The predicted octanol–water partition coefficient (Wildman–Crippen LogP) is 2.75. The summed E-state index contributed by atoms with van der Waals surface area (Å²) in [7, 11) is 0. The maximum atomic E-state index is 3.34. The van der Waals surface area contributed by atoms with Crippen LogP contribution >= 0.6 is 0 Å². The van der Waals surface area contributed by atoms with Crippen molar-refractivity contribution in [1.29, 1.82) is 0 Å². The van der Waals surface area contributed by atoms with Gasteiger partial charge >= 0.3 is 0 Å². The number of rotatable bonds is 3. The Hall–Kier alpha value is -0.980. The molecule has 0 fully saturated rings. The summed E-state index contributed by atoms with van der Waals surface area (Å²) in [6.07, 6.45) is 0. The van der Waals surface area contributed by atoms with Gasteiger partial charge in [0.1, 0.15) is 0 Å². The molecule has 0 unspecified atom stereocenters. The highest BCUT2D eigenvalue weighted by molar-refractivity contribution is 5.42. The molecule has 60 valence electrons. The van der Waals surface area contributed by atoms with Crippen molar-refractivity contribution in [1.82, 2.24) is 0 Å². The van der Waals surface area contributed by atoms with Crippen LogP contribution in [0.2, 0.25) is 0 Å². The fourth-order valence-electron chi connectivity index (χ4n) is 0.878. The van der Waals surface area contributed by atoms with Crippen LogP contribution in [-0.2, 0) is 0 Å². The zero-order valence-electron chi connectivity index (χ0n) is 7.17. The Balaban J connectivity index is 2.39. The van der Waals surface area contributed by atoms with Crippen LogP contribution in [0.5, 0.6) is 0 Å². The summed E-state index contributed by atoms with van der Waals surface area (Å²) in [5, 5.41) is 3.34. The van der Waals surface area contributed by atoms with Gasteiger partial charge in [0.25, 0.3) is 0 Å². The van der Waals surface area contributed by atoms with Crippen LogP contribution in [0.3, 0.4) is 0 Å². The van der Waals surface area contributed by atoms with E-state index in [0.717, 1.165) is 6.54 Å². The van der Waals surface area contributed by atoms with Gasteiger partial charge in [-0.25, -0.2) is 0 Å². The van der Waals surface area contributed by atoms with Gasteiger partial charge in [-0.15, -0.1) is 0 Å². The molecule has 0 aromatic heterocycles. The van der Waals surface area contributed by atoms with Crippen molar-refractivity contribution in [2.24, 2.45) is 5.92 Å².